The standard InChI is InChI=1S/C23H33N7O5Si.C18H21N7O4.C17H19N7O5.C13H25NO4Si.C12H12N6O3/c1-14(35-36(6,7)23(2,3)4)19-17(26-21(19)32)12-18(31)20(27-24)22(33)30(5)34-13-15-8-10-16(11-9-15)28-29-25;1-10(2)15-13(21-17(15)27)8-14(26)16(22-19)18(28)25(3)29-9-11-4-6-12(7-5-11)23-24-20;1-9(25)14-12(20-16(14)27)7-13(26)15(21-18)17(28)24(2)29-8-10-3-5-11(6-4-10)22-23-19;1-8(18-19(6,7)13(3,4)5)10-11(16)14-12(10)17-9(2)15;1-8(19)11(15-13)12(20)18(2)21-7-9-3-5-10(6-4-9)16-17-14/h8-11,14,17,19H,12-13H2,1-7H3,(H,26,32);4-7,10,13,15H,8-9H2,1-3H3,(H,21,27);3-6,9,12,14,25H,7-8H2,1-2H3,(H,20,27);8,10,12H,1-7H3,(H,14,16);3-6H,7H2,1-2H3/t14-,17-,19-;13-,15-;9-,12-,14-;8-,10+,12-;/m1111./s1. The third-order valence-electron chi connectivity index (χ3n) is 22.0. The van der Waals surface area contributed by atoms with Crippen molar-refractivity contribution in [2.45, 2.75) is 215 Å². The number of hydrogen-bond donors (Lipinski definition) is 5. The van der Waals surface area contributed by atoms with Gasteiger partial charge in [-0.3, -0.25) is 81.7 Å². The number of nitrogens with one attached hydrogen (secondary N) is 4. The maximum Gasteiger partial charge on any atom is 0.424 e. The van der Waals surface area contributed by atoms with Crippen molar-refractivity contribution in [1.82, 2.24) is 41.5 Å². The Labute approximate surface area is 772 Å². The van der Waals surface area contributed by atoms with Gasteiger partial charge in [-0.2, -0.15) is 19.2 Å². The Morgan fingerprint density at radius 3 is 0.858 bits per heavy atom. The number of hydroxylamine groups is 8. The number of β-lactam (4-membered cyclic amide) rings is 4. The first-order chi connectivity index (χ1) is 62.7. The molecule has 49 nitrogen and oxygen atoms in total. The molecule has 0 unspecified atom stereocenters. The third-order valence-corrected chi connectivity index (χ3v) is 31.1. The Morgan fingerprint density at radius 2 is 0.642 bits per heavy atom. The molecule has 0 bridgehead atoms. The van der Waals surface area contributed by atoms with Gasteiger partial charge in [0.1, 0.15) is 32.3 Å². The summed E-state index contributed by atoms with van der Waals surface area (Å²) in [6.07, 6.45) is -2.84. The lowest BCUT2D eigenvalue weighted by molar-refractivity contribution is -0.179. The maximum atomic E-state index is 12.8. The highest BCUT2D eigenvalue weighted by atomic mass is 28.4. The molecule has 8 rings (SSSR count). The summed E-state index contributed by atoms with van der Waals surface area (Å²) in [5, 5.41) is 36.9. The number of rotatable bonds is 39. The van der Waals surface area contributed by atoms with Gasteiger partial charge in [-0.1, -0.05) is 173 Å². The fraction of sp³-hybridized carbons (Fsp3) is 0.506. The molecule has 134 heavy (non-hydrogen) atoms. The van der Waals surface area contributed by atoms with E-state index in [9.17, 15) is 73.0 Å². The zero-order chi connectivity index (χ0) is 101. The zero-order valence-corrected chi connectivity index (χ0v) is 80.0. The van der Waals surface area contributed by atoms with Gasteiger partial charge in [-0.05, 0) is 107 Å². The van der Waals surface area contributed by atoms with Crippen LogP contribution >= 0.6 is 0 Å². The van der Waals surface area contributed by atoms with Crippen LogP contribution in [0.1, 0.15) is 132 Å². The number of aliphatic hydroxyl groups excluding tert-OH is 1. The molecule has 0 aliphatic carbocycles. The van der Waals surface area contributed by atoms with E-state index < -0.39 is 152 Å². The van der Waals surface area contributed by atoms with Crippen LogP contribution in [0.4, 0.5) is 22.7 Å². The number of ether oxygens (including phenoxy) is 1. The predicted molar refractivity (Wildman–Crippen MR) is 481 cm³/mol. The Bertz CT molecular complexity index is 5280. The molecule has 11 atom stereocenters. The molecular weight excluding hydrogens is 1780 g/mol. The van der Waals surface area contributed by atoms with Crippen LogP contribution in [0, 0.1) is 29.6 Å². The first-order valence-electron chi connectivity index (χ1n) is 41.3. The lowest BCUT2D eigenvalue weighted by Gasteiger charge is -2.45. The van der Waals surface area contributed by atoms with E-state index in [0.717, 1.165) is 32.7 Å². The molecule has 0 aromatic heterocycles. The van der Waals surface area contributed by atoms with E-state index in [0.29, 0.717) is 39.4 Å². The van der Waals surface area contributed by atoms with Crippen molar-refractivity contribution in [3.63, 3.8) is 0 Å². The SMILES string of the molecule is CC(=O)C(=[N+]=[N-])C(=O)N(C)OCc1ccc(N=[N+]=[N-])cc1.CC(=O)O[C@H]1NC(=O)[C@@H]1[C@@H](C)O[Si](C)(C)C(C)(C)C.CC(C)[C@H]1C(=O)N[C@@H]1CC(=O)C(=[N+]=[N-])C(=O)N(C)OCc1ccc(N=[N+]=[N-])cc1.C[C@@H](O)[C@H]1C(=O)N[C@@H]1CC(=O)C(=[N+]=[N-])C(=O)N(C)OCc1ccc(N=[N+]=[N-])cc1.C[C@@H](O[Si](C)(C)C(C)(C)C)[C@H]1C(=O)N[C@@H]1CC(=O)C(=[N+]=[N-])C(=O)N(C)OCc1ccc(N=[N+]=[N-])cc1. The van der Waals surface area contributed by atoms with Gasteiger partial charge >= 0.3 is 52.4 Å². The number of azide groups is 4. The fourth-order valence-electron chi connectivity index (χ4n) is 12.5. The summed E-state index contributed by atoms with van der Waals surface area (Å²) in [6, 6.07) is 24.3. The van der Waals surface area contributed by atoms with Crippen molar-refractivity contribution < 1.29 is 120 Å². The number of nitrogens with zero attached hydrogens (tertiary/aromatic N) is 24. The minimum absolute atomic E-state index is 0.000206. The van der Waals surface area contributed by atoms with Crippen LogP contribution < -0.4 is 21.3 Å². The molecule has 5 N–H and O–H groups in total. The summed E-state index contributed by atoms with van der Waals surface area (Å²) in [5.74, 6) is -9.82. The van der Waals surface area contributed by atoms with Crippen molar-refractivity contribution >= 4 is 139 Å². The van der Waals surface area contributed by atoms with Crippen LogP contribution in [0.2, 0.25) is 36.3 Å². The molecule has 0 spiro atoms. The summed E-state index contributed by atoms with van der Waals surface area (Å²) in [4.78, 5) is 199. The average molecular weight is 1890 g/mol. The fourth-order valence-corrected chi connectivity index (χ4v) is 15.3. The first-order valence-corrected chi connectivity index (χ1v) is 47.2. The highest BCUT2D eigenvalue weighted by Gasteiger charge is 2.53. The summed E-state index contributed by atoms with van der Waals surface area (Å²) >= 11 is 0. The Morgan fingerprint density at radius 1 is 0.396 bits per heavy atom. The van der Waals surface area contributed by atoms with Crippen molar-refractivity contribution in [3.8, 4) is 0 Å². The average Bonchev–Trinajstić information content (AvgIpc) is 0.793. The lowest BCUT2D eigenvalue weighted by Crippen LogP contribution is -2.65. The number of carbonyl (C=O) groups excluding carboxylic acids is 13. The largest absolute Gasteiger partial charge is 0.441 e. The van der Waals surface area contributed by atoms with E-state index in [1.807, 2.05) is 27.7 Å². The van der Waals surface area contributed by atoms with Gasteiger partial charge in [0.2, 0.25) is 29.4 Å². The molecular formula is C83H110N28O21Si2. The zero-order valence-electron chi connectivity index (χ0n) is 78.0. The smallest absolute Gasteiger partial charge is 0.424 e. The van der Waals surface area contributed by atoms with Crippen molar-refractivity contribution in [2.24, 2.45) is 50.0 Å². The molecule has 0 saturated carbocycles. The molecule has 4 fully saturated rings. The van der Waals surface area contributed by atoms with Gasteiger partial charge in [-0.15, -0.1) is 0 Å². The van der Waals surface area contributed by atoms with Gasteiger partial charge in [0, 0.05) is 110 Å². The van der Waals surface area contributed by atoms with E-state index in [4.69, 9.17) is 71.7 Å². The van der Waals surface area contributed by atoms with E-state index in [1.54, 1.807) is 97.1 Å². The molecule has 4 aromatic carbocycles. The molecule has 4 heterocycles. The second-order valence-electron chi connectivity index (χ2n) is 34.1. The van der Waals surface area contributed by atoms with Crippen LogP contribution in [0.15, 0.2) is 118 Å². The number of hydrogen-bond acceptors (Lipinski definition) is 25. The highest BCUT2D eigenvalue weighted by Crippen LogP contribution is 2.41. The number of benzene rings is 4. The van der Waals surface area contributed by atoms with Crippen LogP contribution in [-0.2, 0) is 122 Å². The molecule has 4 aromatic rings. The first kappa shape index (κ1) is 112. The highest BCUT2D eigenvalue weighted by molar-refractivity contribution is 6.74. The minimum atomic E-state index is -2.15. The maximum absolute atomic E-state index is 12.8. The number of ketones is 4. The normalized spacial score (nSPS) is 17.7. The van der Waals surface area contributed by atoms with Gasteiger partial charge in [-0.25, -0.2) is 20.3 Å². The van der Waals surface area contributed by atoms with Crippen LogP contribution in [0.25, 0.3) is 63.9 Å². The summed E-state index contributed by atoms with van der Waals surface area (Å²) < 4.78 is 17.6. The molecule has 716 valence electrons. The second kappa shape index (κ2) is 51.5. The Balaban J connectivity index is 0.000000356. The third kappa shape index (κ3) is 32.6. The summed E-state index contributed by atoms with van der Waals surface area (Å²) in [6.45, 7) is 32.5. The van der Waals surface area contributed by atoms with Crippen LogP contribution in [-0.4, -0.2) is 231 Å². The molecule has 51 heteroatoms. The van der Waals surface area contributed by atoms with E-state index in [2.05, 4.69) is 148 Å². The minimum Gasteiger partial charge on any atom is -0.441 e. The number of aliphatic hydroxyl groups is 1. The molecule has 4 aliphatic heterocycles. The molecule has 4 aliphatic rings. The molecule has 4 saturated heterocycles. The van der Waals surface area contributed by atoms with Crippen LogP contribution in [0.5, 0.6) is 0 Å². The van der Waals surface area contributed by atoms with Crippen molar-refractivity contribution in [1.29, 1.82) is 0 Å². The molecule has 0 radical (unpaired) electrons. The topological polar surface area (TPSA) is 708 Å². The number of carbonyl (C=O) groups is 13. The van der Waals surface area contributed by atoms with Crippen LogP contribution in [0.3, 0.4) is 0 Å². The summed E-state index contributed by atoms with van der Waals surface area (Å²) in [7, 11) is 1.05. The van der Waals surface area contributed by atoms with E-state index in [-0.39, 0.29) is 91.4 Å². The van der Waals surface area contributed by atoms with Crippen molar-refractivity contribution in [3.05, 3.63) is 183 Å². The van der Waals surface area contributed by atoms with Gasteiger partial charge in [0.05, 0.1) is 48.1 Å². The number of Topliss-reactive ketones (excluding diaryl/α,β-unsaturated/α-hetero) is 4. The number of esters is 1. The van der Waals surface area contributed by atoms with Crippen molar-refractivity contribution in [2.75, 3.05) is 28.2 Å². The Hall–Kier alpha value is -14.3. The Kier molecular flexibility index (Phi) is 43.1. The number of amides is 8. The molecule has 8 amide bonds. The van der Waals surface area contributed by atoms with E-state index in [1.165, 1.54) is 42.0 Å². The summed E-state index contributed by atoms with van der Waals surface area (Å²) in [5.41, 5.74) is 71.5. The quantitative estimate of drug-likeness (QED) is 0.00319. The predicted octanol–water partition coefficient (Wildman–Crippen LogP) is 10.0. The second-order valence-corrected chi connectivity index (χ2v) is 43.6. The monoisotopic (exact) mass is 1890 g/mol. The lowest BCUT2D eigenvalue weighted by atomic mass is 9.78. The van der Waals surface area contributed by atoms with E-state index >= 15 is 0 Å². The van der Waals surface area contributed by atoms with Gasteiger partial charge in [0.15, 0.2) is 22.9 Å². The van der Waals surface area contributed by atoms with Gasteiger partial charge < -0.3 is 62.1 Å². The van der Waals surface area contributed by atoms with Gasteiger partial charge in [0.25, 0.3) is 17.3 Å².